The fraction of sp³-hybridized carbons (Fsp3) is 0.107. The summed E-state index contributed by atoms with van der Waals surface area (Å²) in [5.41, 5.74) is 1.27. The molecule has 1 aliphatic rings. The van der Waals surface area contributed by atoms with Crippen LogP contribution in [0, 0.1) is 0 Å². The number of carbonyl (C=O) groups excluding carboxylic acids is 3. The van der Waals surface area contributed by atoms with Crippen LogP contribution in [0.25, 0.3) is 10.8 Å². The lowest BCUT2D eigenvalue weighted by atomic mass is 9.90. The number of azo groups is 1. The Morgan fingerprint density at radius 2 is 1.47 bits per heavy atom. The molecular formula is C28H23N5O3. The first-order valence-corrected chi connectivity index (χ1v) is 11.4. The molecule has 1 aliphatic heterocycles. The number of hydrogen-bond acceptors (Lipinski definition) is 5. The van der Waals surface area contributed by atoms with E-state index < -0.39 is 29.9 Å². The second kappa shape index (κ2) is 9.42. The van der Waals surface area contributed by atoms with Crippen molar-refractivity contribution in [2.75, 3.05) is 11.9 Å². The molecule has 0 bridgehead atoms. The molecule has 1 saturated heterocycles. The van der Waals surface area contributed by atoms with Gasteiger partial charge in [-0.05, 0) is 65.7 Å². The molecule has 0 radical (unpaired) electrons. The van der Waals surface area contributed by atoms with E-state index in [1.165, 1.54) is 0 Å². The maximum Gasteiger partial charge on any atom is 0.325 e. The predicted molar refractivity (Wildman–Crippen MR) is 137 cm³/mol. The summed E-state index contributed by atoms with van der Waals surface area (Å²) in [7, 11) is 0. The number of rotatable bonds is 6. The quantitative estimate of drug-likeness (QED) is 0.277. The third-order valence-corrected chi connectivity index (χ3v) is 6.09. The molecule has 8 heteroatoms. The summed E-state index contributed by atoms with van der Waals surface area (Å²) in [6.45, 7) is 1.25. The first kappa shape index (κ1) is 22.9. The van der Waals surface area contributed by atoms with Gasteiger partial charge in [-0.3, -0.25) is 14.5 Å². The molecule has 36 heavy (non-hydrogen) atoms. The smallest absolute Gasteiger partial charge is 0.325 e. The molecule has 8 nitrogen and oxygen atoms in total. The fourth-order valence-electron chi connectivity index (χ4n) is 4.10. The van der Waals surface area contributed by atoms with Crippen LogP contribution in [0.1, 0.15) is 12.5 Å². The molecule has 5 rings (SSSR count). The van der Waals surface area contributed by atoms with Crippen LogP contribution in [0.15, 0.2) is 107 Å². The summed E-state index contributed by atoms with van der Waals surface area (Å²) in [5, 5.41) is 15.8. The maximum atomic E-state index is 13.2. The van der Waals surface area contributed by atoms with Crippen LogP contribution in [0.3, 0.4) is 0 Å². The number of nitrogens with zero attached hydrogens (tertiary/aromatic N) is 3. The minimum atomic E-state index is -1.26. The molecule has 4 aromatic rings. The summed E-state index contributed by atoms with van der Waals surface area (Å²) < 4.78 is 0. The van der Waals surface area contributed by atoms with Crippen molar-refractivity contribution in [2.24, 2.45) is 10.2 Å². The van der Waals surface area contributed by atoms with Crippen LogP contribution in [-0.2, 0) is 15.1 Å². The molecule has 0 spiro atoms. The van der Waals surface area contributed by atoms with Gasteiger partial charge in [0.05, 0.1) is 11.4 Å². The predicted octanol–water partition coefficient (Wildman–Crippen LogP) is 5.66. The van der Waals surface area contributed by atoms with Gasteiger partial charge in [-0.2, -0.15) is 10.2 Å². The Morgan fingerprint density at radius 3 is 2.19 bits per heavy atom. The van der Waals surface area contributed by atoms with E-state index >= 15 is 0 Å². The number of benzene rings is 4. The fourth-order valence-corrected chi connectivity index (χ4v) is 4.10. The summed E-state index contributed by atoms with van der Waals surface area (Å²) in [4.78, 5) is 39.5. The molecular weight excluding hydrogens is 454 g/mol. The Labute approximate surface area is 207 Å². The van der Waals surface area contributed by atoms with Crippen LogP contribution >= 0.6 is 0 Å². The molecule has 2 N–H and O–H groups in total. The average molecular weight is 478 g/mol. The Morgan fingerprint density at radius 1 is 0.833 bits per heavy atom. The molecule has 178 valence electrons. The van der Waals surface area contributed by atoms with E-state index in [0.29, 0.717) is 16.9 Å². The van der Waals surface area contributed by atoms with E-state index in [1.54, 1.807) is 31.2 Å². The first-order valence-electron chi connectivity index (χ1n) is 11.4. The molecule has 1 heterocycles. The lowest BCUT2D eigenvalue weighted by molar-refractivity contribution is -0.133. The van der Waals surface area contributed by atoms with Gasteiger partial charge in [0.1, 0.15) is 12.1 Å². The van der Waals surface area contributed by atoms with E-state index in [2.05, 4.69) is 20.9 Å². The normalized spacial score (nSPS) is 17.5. The SMILES string of the molecule is CC1(c2ccc3ccccc3c2)NC(=O)N(CC(=O)Nc2ccc(N=Nc3ccccc3)cc2)C1=O. The van der Waals surface area contributed by atoms with Crippen LogP contribution in [-0.4, -0.2) is 29.3 Å². The number of imide groups is 1. The Kier molecular flexibility index (Phi) is 6.00. The number of fused-ring (bicyclic) bond motifs is 1. The van der Waals surface area contributed by atoms with E-state index in [9.17, 15) is 14.4 Å². The van der Waals surface area contributed by atoms with Gasteiger partial charge in [0, 0.05) is 5.69 Å². The zero-order valence-electron chi connectivity index (χ0n) is 19.5. The van der Waals surface area contributed by atoms with Gasteiger partial charge >= 0.3 is 6.03 Å². The van der Waals surface area contributed by atoms with Crippen molar-refractivity contribution in [3.8, 4) is 0 Å². The van der Waals surface area contributed by atoms with Crippen LogP contribution in [0.2, 0.25) is 0 Å². The van der Waals surface area contributed by atoms with Crippen LogP contribution < -0.4 is 10.6 Å². The van der Waals surface area contributed by atoms with E-state index in [1.807, 2.05) is 72.8 Å². The number of carbonyl (C=O) groups is 3. The van der Waals surface area contributed by atoms with Crippen molar-refractivity contribution in [2.45, 2.75) is 12.5 Å². The van der Waals surface area contributed by atoms with Gasteiger partial charge in [0.25, 0.3) is 5.91 Å². The molecule has 1 fully saturated rings. The zero-order valence-corrected chi connectivity index (χ0v) is 19.5. The maximum absolute atomic E-state index is 13.2. The van der Waals surface area contributed by atoms with Crippen molar-refractivity contribution in [3.05, 3.63) is 103 Å². The minimum absolute atomic E-state index is 0.399. The van der Waals surface area contributed by atoms with Crippen LogP contribution in [0.4, 0.5) is 21.9 Å². The number of nitrogens with one attached hydrogen (secondary N) is 2. The van der Waals surface area contributed by atoms with Gasteiger partial charge < -0.3 is 10.6 Å². The summed E-state index contributed by atoms with van der Waals surface area (Å²) in [6.07, 6.45) is 0. The molecule has 0 aliphatic carbocycles. The van der Waals surface area contributed by atoms with Gasteiger partial charge in [-0.15, -0.1) is 0 Å². The Balaban J connectivity index is 1.24. The van der Waals surface area contributed by atoms with Gasteiger partial charge in [-0.1, -0.05) is 54.6 Å². The summed E-state index contributed by atoms with van der Waals surface area (Å²) in [5.74, 6) is -0.963. The third-order valence-electron chi connectivity index (χ3n) is 6.09. The highest BCUT2D eigenvalue weighted by Gasteiger charge is 2.49. The second-order valence-corrected chi connectivity index (χ2v) is 8.64. The molecule has 0 saturated carbocycles. The van der Waals surface area contributed by atoms with E-state index in [0.717, 1.165) is 21.4 Å². The lowest BCUT2D eigenvalue weighted by Crippen LogP contribution is -2.42. The van der Waals surface area contributed by atoms with Crippen molar-refractivity contribution >= 4 is 45.7 Å². The minimum Gasteiger partial charge on any atom is -0.325 e. The Bertz CT molecular complexity index is 1480. The summed E-state index contributed by atoms with van der Waals surface area (Å²) in [6, 6.07) is 28.9. The zero-order chi connectivity index (χ0) is 25.1. The Hall–Kier alpha value is -4.85. The van der Waals surface area contributed by atoms with Gasteiger partial charge in [0.15, 0.2) is 0 Å². The van der Waals surface area contributed by atoms with Crippen molar-refractivity contribution < 1.29 is 14.4 Å². The van der Waals surface area contributed by atoms with Crippen molar-refractivity contribution in [3.63, 3.8) is 0 Å². The lowest BCUT2D eigenvalue weighted by Gasteiger charge is -2.22. The number of anilines is 1. The first-order chi connectivity index (χ1) is 17.4. The average Bonchev–Trinajstić information content (AvgIpc) is 3.12. The standard InChI is InChI=1S/C28H23N5O3/c1-28(21-12-11-19-7-5-6-8-20(19)17-21)26(35)33(27(36)30-28)18-25(34)29-22-13-15-24(16-14-22)32-31-23-9-3-2-4-10-23/h2-17H,18H2,1H3,(H,29,34)(H,30,36). The number of amides is 4. The highest BCUT2D eigenvalue weighted by molar-refractivity contribution is 6.10. The topological polar surface area (TPSA) is 103 Å². The highest BCUT2D eigenvalue weighted by atomic mass is 16.2. The van der Waals surface area contributed by atoms with Crippen molar-refractivity contribution in [1.82, 2.24) is 10.2 Å². The molecule has 4 aromatic carbocycles. The van der Waals surface area contributed by atoms with Crippen molar-refractivity contribution in [1.29, 1.82) is 0 Å². The van der Waals surface area contributed by atoms with E-state index in [4.69, 9.17) is 0 Å². The third kappa shape index (κ3) is 4.56. The van der Waals surface area contributed by atoms with E-state index in [-0.39, 0.29) is 0 Å². The summed E-state index contributed by atoms with van der Waals surface area (Å²) >= 11 is 0. The monoisotopic (exact) mass is 477 g/mol. The highest BCUT2D eigenvalue weighted by Crippen LogP contribution is 2.31. The molecule has 0 aromatic heterocycles. The largest absolute Gasteiger partial charge is 0.325 e. The molecule has 1 unspecified atom stereocenters. The molecule has 1 atom stereocenters. The van der Waals surface area contributed by atoms with Crippen LogP contribution in [0.5, 0.6) is 0 Å². The molecule has 4 amide bonds. The number of urea groups is 1. The van der Waals surface area contributed by atoms with Gasteiger partial charge in [0.2, 0.25) is 5.91 Å². The second-order valence-electron chi connectivity index (χ2n) is 8.64. The van der Waals surface area contributed by atoms with Gasteiger partial charge in [-0.25, -0.2) is 4.79 Å². The number of hydrogen-bond donors (Lipinski definition) is 2.